The van der Waals surface area contributed by atoms with Gasteiger partial charge in [-0.15, -0.1) is 0 Å². The second kappa shape index (κ2) is 5.96. The molecule has 1 aromatic carbocycles. The van der Waals surface area contributed by atoms with E-state index in [-0.39, 0.29) is 0 Å². The number of benzene rings is 1. The predicted molar refractivity (Wildman–Crippen MR) is 80.4 cm³/mol. The molecule has 2 atom stereocenters. The van der Waals surface area contributed by atoms with Gasteiger partial charge < -0.3 is 10.1 Å². The Bertz CT molecular complexity index is 413. The molecule has 0 aromatic heterocycles. The van der Waals surface area contributed by atoms with Crippen LogP contribution in [0.25, 0.3) is 0 Å². The van der Waals surface area contributed by atoms with Crippen LogP contribution in [0.2, 0.25) is 0 Å². The minimum absolute atomic E-state index is 0.468. The van der Waals surface area contributed by atoms with Crippen LogP contribution in [0.3, 0.4) is 0 Å². The van der Waals surface area contributed by atoms with E-state index in [4.69, 9.17) is 4.74 Å². The summed E-state index contributed by atoms with van der Waals surface area (Å²) in [6.45, 7) is 8.05. The molecule has 1 aliphatic carbocycles. The summed E-state index contributed by atoms with van der Waals surface area (Å²) in [5.74, 6) is 1.80. The maximum atomic E-state index is 5.41. The van der Waals surface area contributed by atoms with Crippen molar-refractivity contribution in [3.63, 3.8) is 0 Å². The molecule has 0 saturated heterocycles. The number of ether oxygens (including phenoxy) is 1. The molecule has 0 bridgehead atoms. The molecule has 1 aromatic rings. The van der Waals surface area contributed by atoms with Crippen molar-refractivity contribution >= 4 is 0 Å². The highest BCUT2D eigenvalue weighted by Gasteiger charge is 2.31. The van der Waals surface area contributed by atoms with Gasteiger partial charge in [0.2, 0.25) is 0 Å². The third-order valence-corrected chi connectivity index (χ3v) is 4.16. The summed E-state index contributed by atoms with van der Waals surface area (Å²) in [5.41, 5.74) is 1.72. The van der Waals surface area contributed by atoms with Crippen molar-refractivity contribution in [1.82, 2.24) is 5.32 Å². The molecule has 2 nitrogen and oxygen atoms in total. The SMILES string of the molecule is COc1ccccc1CNC1CC(C)CC(C)(C)C1. The van der Waals surface area contributed by atoms with Gasteiger partial charge in [-0.3, -0.25) is 0 Å². The minimum Gasteiger partial charge on any atom is -0.496 e. The summed E-state index contributed by atoms with van der Waals surface area (Å²) in [4.78, 5) is 0. The van der Waals surface area contributed by atoms with Gasteiger partial charge in [0, 0.05) is 18.2 Å². The lowest BCUT2D eigenvalue weighted by Gasteiger charge is -2.39. The van der Waals surface area contributed by atoms with E-state index in [2.05, 4.69) is 38.2 Å². The molecule has 19 heavy (non-hydrogen) atoms. The topological polar surface area (TPSA) is 21.3 Å². The number of rotatable bonds is 4. The normalized spacial score (nSPS) is 26.1. The van der Waals surface area contributed by atoms with Gasteiger partial charge in [-0.25, -0.2) is 0 Å². The number of methoxy groups -OCH3 is 1. The molecule has 0 heterocycles. The summed E-state index contributed by atoms with van der Waals surface area (Å²) in [6, 6.07) is 8.90. The van der Waals surface area contributed by atoms with Gasteiger partial charge in [-0.1, -0.05) is 39.0 Å². The standard InChI is InChI=1S/C17H27NO/c1-13-9-15(11-17(2,3)10-13)18-12-14-7-5-6-8-16(14)19-4/h5-8,13,15,18H,9-12H2,1-4H3. The smallest absolute Gasteiger partial charge is 0.123 e. The Hall–Kier alpha value is -1.02. The monoisotopic (exact) mass is 261 g/mol. The number of hydrogen-bond donors (Lipinski definition) is 1. The van der Waals surface area contributed by atoms with Crippen LogP contribution >= 0.6 is 0 Å². The lowest BCUT2D eigenvalue weighted by atomic mass is 9.70. The molecule has 2 heteroatoms. The molecule has 0 amide bonds. The van der Waals surface area contributed by atoms with Crippen LogP contribution in [0.1, 0.15) is 45.6 Å². The fourth-order valence-electron chi connectivity index (χ4n) is 3.60. The fourth-order valence-corrected chi connectivity index (χ4v) is 3.60. The maximum absolute atomic E-state index is 5.41. The average molecular weight is 261 g/mol. The highest BCUT2D eigenvalue weighted by Crippen LogP contribution is 2.38. The zero-order valence-electron chi connectivity index (χ0n) is 12.7. The van der Waals surface area contributed by atoms with Crippen LogP contribution in [-0.4, -0.2) is 13.2 Å². The van der Waals surface area contributed by atoms with Gasteiger partial charge in [-0.2, -0.15) is 0 Å². The van der Waals surface area contributed by atoms with Gasteiger partial charge in [0.25, 0.3) is 0 Å². The quantitative estimate of drug-likeness (QED) is 0.884. The first-order valence-electron chi connectivity index (χ1n) is 7.35. The molecule has 2 unspecified atom stereocenters. The van der Waals surface area contributed by atoms with Gasteiger partial charge in [0.05, 0.1) is 7.11 Å². The van der Waals surface area contributed by atoms with Crippen LogP contribution in [0.5, 0.6) is 5.75 Å². The summed E-state index contributed by atoms with van der Waals surface area (Å²) < 4.78 is 5.41. The predicted octanol–water partition coefficient (Wildman–Crippen LogP) is 4.00. The maximum Gasteiger partial charge on any atom is 0.123 e. The molecule has 2 rings (SSSR count). The highest BCUT2D eigenvalue weighted by atomic mass is 16.5. The molecule has 1 fully saturated rings. The Kier molecular flexibility index (Phi) is 4.51. The van der Waals surface area contributed by atoms with Gasteiger partial charge in [0.15, 0.2) is 0 Å². The Balaban J connectivity index is 1.95. The third-order valence-electron chi connectivity index (χ3n) is 4.16. The molecular weight excluding hydrogens is 234 g/mol. The Labute approximate surface area is 117 Å². The van der Waals surface area contributed by atoms with E-state index < -0.39 is 0 Å². The van der Waals surface area contributed by atoms with Gasteiger partial charge in [0.1, 0.15) is 5.75 Å². The second-order valence-electron chi connectivity index (χ2n) is 6.80. The van der Waals surface area contributed by atoms with Crippen molar-refractivity contribution < 1.29 is 4.74 Å². The van der Waals surface area contributed by atoms with Crippen LogP contribution in [0.15, 0.2) is 24.3 Å². The van der Waals surface area contributed by atoms with Crippen molar-refractivity contribution in [2.24, 2.45) is 11.3 Å². The van der Waals surface area contributed by atoms with E-state index in [1.807, 2.05) is 12.1 Å². The van der Waals surface area contributed by atoms with Gasteiger partial charge >= 0.3 is 0 Å². The summed E-state index contributed by atoms with van der Waals surface area (Å²) in [7, 11) is 1.74. The van der Waals surface area contributed by atoms with Gasteiger partial charge in [-0.05, 0) is 36.7 Å². The second-order valence-corrected chi connectivity index (χ2v) is 6.80. The van der Waals surface area contributed by atoms with Crippen LogP contribution in [0, 0.1) is 11.3 Å². The summed E-state index contributed by atoms with van der Waals surface area (Å²) >= 11 is 0. The lowest BCUT2D eigenvalue weighted by molar-refractivity contribution is 0.150. The number of hydrogen-bond acceptors (Lipinski definition) is 2. The zero-order valence-corrected chi connectivity index (χ0v) is 12.7. The van der Waals surface area contributed by atoms with Crippen LogP contribution < -0.4 is 10.1 Å². The molecule has 0 aliphatic heterocycles. The molecule has 1 saturated carbocycles. The van der Waals surface area contributed by atoms with E-state index in [9.17, 15) is 0 Å². The Morgan fingerprint density at radius 3 is 2.68 bits per heavy atom. The first-order valence-corrected chi connectivity index (χ1v) is 7.35. The van der Waals surface area contributed by atoms with E-state index in [0.717, 1.165) is 18.2 Å². The first-order chi connectivity index (χ1) is 9.00. The Morgan fingerprint density at radius 2 is 2.00 bits per heavy atom. The lowest BCUT2D eigenvalue weighted by Crippen LogP contribution is -2.39. The summed E-state index contributed by atoms with van der Waals surface area (Å²) in [6.07, 6.45) is 3.91. The van der Waals surface area contributed by atoms with Crippen molar-refractivity contribution in [3.05, 3.63) is 29.8 Å². The molecule has 0 radical (unpaired) electrons. The van der Waals surface area contributed by atoms with Crippen LogP contribution in [-0.2, 0) is 6.54 Å². The van der Waals surface area contributed by atoms with E-state index in [1.54, 1.807) is 7.11 Å². The third kappa shape index (κ3) is 3.97. The molecule has 1 aliphatic rings. The fraction of sp³-hybridized carbons (Fsp3) is 0.647. The molecular formula is C17H27NO. The summed E-state index contributed by atoms with van der Waals surface area (Å²) in [5, 5.41) is 3.72. The average Bonchev–Trinajstić information content (AvgIpc) is 2.34. The number of para-hydroxylation sites is 1. The van der Waals surface area contributed by atoms with Crippen molar-refractivity contribution in [1.29, 1.82) is 0 Å². The van der Waals surface area contributed by atoms with Crippen molar-refractivity contribution in [2.75, 3.05) is 7.11 Å². The van der Waals surface area contributed by atoms with Crippen molar-refractivity contribution in [2.45, 2.75) is 52.6 Å². The molecule has 0 spiro atoms. The molecule has 1 N–H and O–H groups in total. The van der Waals surface area contributed by atoms with Crippen molar-refractivity contribution in [3.8, 4) is 5.75 Å². The highest BCUT2D eigenvalue weighted by molar-refractivity contribution is 5.33. The van der Waals surface area contributed by atoms with E-state index >= 15 is 0 Å². The zero-order chi connectivity index (χ0) is 13.9. The molecule has 106 valence electrons. The van der Waals surface area contributed by atoms with Crippen LogP contribution in [0.4, 0.5) is 0 Å². The van der Waals surface area contributed by atoms with E-state index in [1.165, 1.54) is 24.8 Å². The van der Waals surface area contributed by atoms with E-state index in [0.29, 0.717) is 11.5 Å². The number of nitrogens with one attached hydrogen (secondary N) is 1. The first kappa shape index (κ1) is 14.4. The minimum atomic E-state index is 0.468. The largest absolute Gasteiger partial charge is 0.496 e. The Morgan fingerprint density at radius 1 is 1.26 bits per heavy atom.